The number of carbonyl (C=O) groups is 4. The van der Waals surface area contributed by atoms with E-state index in [1.54, 1.807) is 42.5 Å². The third-order valence-corrected chi connectivity index (χ3v) is 4.17. The van der Waals surface area contributed by atoms with Crippen molar-refractivity contribution in [2.45, 2.75) is 13.8 Å². The first kappa shape index (κ1) is 19.0. The van der Waals surface area contributed by atoms with Crippen LogP contribution in [0, 0.1) is 19.8 Å². The standard InChI is InChI=1S/C20H18N4O4/c1-12-6-8-14(9-7-12)17(25)23-21-11-16-18(26)22-20(28)24(19(16)27)15-5-3-4-13(2)10-15/h3-11,16H,1-2H3,(H,23,25)(H,22,26,28)/b21-11-/t16-/m1/s1. The van der Waals surface area contributed by atoms with Gasteiger partial charge in [-0.15, -0.1) is 0 Å². The Hall–Kier alpha value is -3.81. The van der Waals surface area contributed by atoms with E-state index in [1.807, 2.05) is 19.9 Å². The molecule has 0 radical (unpaired) electrons. The molecular weight excluding hydrogens is 360 g/mol. The number of carbonyl (C=O) groups excluding carboxylic acids is 4. The highest BCUT2D eigenvalue weighted by Crippen LogP contribution is 2.21. The highest BCUT2D eigenvalue weighted by Gasteiger charge is 2.40. The van der Waals surface area contributed by atoms with Gasteiger partial charge in [0.25, 0.3) is 11.8 Å². The quantitative estimate of drug-likeness (QED) is 0.481. The molecule has 2 aromatic carbocycles. The van der Waals surface area contributed by atoms with Crippen molar-refractivity contribution in [3.8, 4) is 0 Å². The molecule has 1 aliphatic rings. The topological polar surface area (TPSA) is 108 Å². The summed E-state index contributed by atoms with van der Waals surface area (Å²) in [6, 6.07) is 12.8. The maximum atomic E-state index is 12.7. The van der Waals surface area contributed by atoms with Gasteiger partial charge in [-0.25, -0.2) is 15.1 Å². The Labute approximate surface area is 161 Å². The molecule has 1 fully saturated rings. The lowest BCUT2D eigenvalue weighted by atomic mass is 10.1. The van der Waals surface area contributed by atoms with Crippen LogP contribution in [0.1, 0.15) is 21.5 Å². The molecule has 2 N–H and O–H groups in total. The number of hydrogen-bond donors (Lipinski definition) is 2. The molecule has 5 amide bonds. The molecule has 2 aromatic rings. The van der Waals surface area contributed by atoms with Crippen LogP contribution in [0.4, 0.5) is 10.5 Å². The average molecular weight is 378 g/mol. The third-order valence-electron chi connectivity index (χ3n) is 4.17. The summed E-state index contributed by atoms with van der Waals surface area (Å²) in [5.74, 6) is -3.36. The summed E-state index contributed by atoms with van der Waals surface area (Å²) in [4.78, 5) is 49.8. The molecule has 0 spiro atoms. The largest absolute Gasteiger partial charge is 0.335 e. The molecule has 8 heteroatoms. The number of nitrogens with one attached hydrogen (secondary N) is 2. The van der Waals surface area contributed by atoms with Crippen LogP contribution in [0.25, 0.3) is 0 Å². The number of imide groups is 2. The Morgan fingerprint density at radius 3 is 2.46 bits per heavy atom. The van der Waals surface area contributed by atoms with Gasteiger partial charge in [0.05, 0.1) is 5.69 Å². The second-order valence-electron chi connectivity index (χ2n) is 6.37. The smallest absolute Gasteiger partial charge is 0.276 e. The Morgan fingerprint density at radius 2 is 1.79 bits per heavy atom. The zero-order valence-corrected chi connectivity index (χ0v) is 15.3. The van der Waals surface area contributed by atoms with Crippen molar-refractivity contribution < 1.29 is 19.2 Å². The molecule has 0 aromatic heterocycles. The summed E-state index contributed by atoms with van der Waals surface area (Å²) in [5, 5.41) is 5.85. The number of barbiturate groups is 1. The Kier molecular flexibility index (Phi) is 5.30. The number of hydrogen-bond acceptors (Lipinski definition) is 5. The van der Waals surface area contributed by atoms with Gasteiger partial charge in [0, 0.05) is 11.8 Å². The van der Waals surface area contributed by atoms with Crippen molar-refractivity contribution in [2.75, 3.05) is 4.90 Å². The SMILES string of the molecule is Cc1ccc(C(=O)N/N=C\[C@@H]2C(=O)NC(=O)N(c3cccc(C)c3)C2=O)cc1. The van der Waals surface area contributed by atoms with Crippen LogP contribution in [0.2, 0.25) is 0 Å². The minimum absolute atomic E-state index is 0.345. The van der Waals surface area contributed by atoms with Gasteiger partial charge in [-0.1, -0.05) is 29.8 Å². The van der Waals surface area contributed by atoms with Gasteiger partial charge < -0.3 is 0 Å². The molecule has 8 nitrogen and oxygen atoms in total. The van der Waals surface area contributed by atoms with Gasteiger partial charge in [-0.3, -0.25) is 19.7 Å². The average Bonchev–Trinajstić information content (AvgIpc) is 2.64. The van der Waals surface area contributed by atoms with Crippen molar-refractivity contribution in [1.82, 2.24) is 10.7 Å². The molecule has 0 bridgehead atoms. The predicted molar refractivity (Wildman–Crippen MR) is 103 cm³/mol. The fourth-order valence-corrected chi connectivity index (χ4v) is 2.67. The van der Waals surface area contributed by atoms with E-state index in [-0.39, 0.29) is 0 Å². The monoisotopic (exact) mass is 378 g/mol. The van der Waals surface area contributed by atoms with Crippen LogP contribution in [0.15, 0.2) is 53.6 Å². The molecule has 1 aliphatic heterocycles. The van der Waals surface area contributed by atoms with E-state index in [4.69, 9.17) is 0 Å². The lowest BCUT2D eigenvalue weighted by molar-refractivity contribution is -0.131. The van der Waals surface area contributed by atoms with E-state index in [0.717, 1.165) is 22.2 Å². The van der Waals surface area contributed by atoms with Crippen LogP contribution in [0.3, 0.4) is 0 Å². The molecule has 1 saturated heterocycles. The number of hydrazone groups is 1. The Morgan fingerprint density at radius 1 is 1.07 bits per heavy atom. The number of benzene rings is 2. The lowest BCUT2D eigenvalue weighted by Crippen LogP contribution is -2.58. The maximum absolute atomic E-state index is 12.7. The molecule has 142 valence electrons. The van der Waals surface area contributed by atoms with Gasteiger partial charge in [0.2, 0.25) is 5.91 Å². The molecule has 1 heterocycles. The van der Waals surface area contributed by atoms with E-state index >= 15 is 0 Å². The van der Waals surface area contributed by atoms with Crippen LogP contribution in [0.5, 0.6) is 0 Å². The fraction of sp³-hybridized carbons (Fsp3) is 0.150. The van der Waals surface area contributed by atoms with E-state index in [9.17, 15) is 19.2 Å². The van der Waals surface area contributed by atoms with E-state index in [1.165, 1.54) is 0 Å². The number of nitrogens with zero attached hydrogens (tertiary/aromatic N) is 2. The zero-order valence-electron chi connectivity index (χ0n) is 15.3. The molecule has 0 saturated carbocycles. The highest BCUT2D eigenvalue weighted by atomic mass is 16.2. The van der Waals surface area contributed by atoms with Crippen molar-refractivity contribution in [1.29, 1.82) is 0 Å². The molecular formula is C20H18N4O4. The van der Waals surface area contributed by atoms with Gasteiger partial charge in [0.1, 0.15) is 0 Å². The fourth-order valence-electron chi connectivity index (χ4n) is 2.67. The molecule has 1 atom stereocenters. The normalized spacial score (nSPS) is 17.0. The van der Waals surface area contributed by atoms with E-state index in [2.05, 4.69) is 15.8 Å². The first-order valence-electron chi connectivity index (χ1n) is 8.52. The number of aryl methyl sites for hydroxylation is 2. The van der Waals surface area contributed by atoms with Gasteiger partial charge >= 0.3 is 6.03 Å². The predicted octanol–water partition coefficient (Wildman–Crippen LogP) is 1.92. The number of rotatable bonds is 4. The van der Waals surface area contributed by atoms with Crippen molar-refractivity contribution in [3.05, 3.63) is 65.2 Å². The lowest BCUT2D eigenvalue weighted by Gasteiger charge is -2.28. The van der Waals surface area contributed by atoms with Crippen molar-refractivity contribution >= 4 is 35.7 Å². The Balaban J connectivity index is 1.75. The highest BCUT2D eigenvalue weighted by molar-refractivity contribution is 6.32. The van der Waals surface area contributed by atoms with Gasteiger partial charge in [-0.05, 0) is 43.7 Å². The van der Waals surface area contributed by atoms with Gasteiger partial charge in [-0.2, -0.15) is 5.10 Å². The first-order chi connectivity index (χ1) is 13.4. The summed E-state index contributed by atoms with van der Waals surface area (Å²) in [5.41, 5.74) is 4.87. The van der Waals surface area contributed by atoms with Crippen LogP contribution in [-0.2, 0) is 9.59 Å². The number of amides is 5. The summed E-state index contributed by atoms with van der Waals surface area (Å²) in [6.45, 7) is 3.72. The molecule has 28 heavy (non-hydrogen) atoms. The molecule has 3 rings (SSSR count). The third kappa shape index (κ3) is 3.96. The summed E-state index contributed by atoms with van der Waals surface area (Å²) in [7, 11) is 0. The van der Waals surface area contributed by atoms with Gasteiger partial charge in [0.15, 0.2) is 5.92 Å². The van der Waals surface area contributed by atoms with Crippen molar-refractivity contribution in [2.24, 2.45) is 11.0 Å². The molecule has 0 aliphatic carbocycles. The summed E-state index contributed by atoms with van der Waals surface area (Å²) >= 11 is 0. The minimum atomic E-state index is -1.34. The minimum Gasteiger partial charge on any atom is -0.276 e. The Bertz CT molecular complexity index is 982. The van der Waals surface area contributed by atoms with Crippen LogP contribution in [-0.4, -0.2) is 30.0 Å². The number of anilines is 1. The van der Waals surface area contributed by atoms with E-state index < -0.39 is 29.7 Å². The first-order valence-corrected chi connectivity index (χ1v) is 8.52. The second-order valence-corrected chi connectivity index (χ2v) is 6.37. The maximum Gasteiger partial charge on any atom is 0.335 e. The number of urea groups is 1. The van der Waals surface area contributed by atoms with Crippen molar-refractivity contribution in [3.63, 3.8) is 0 Å². The van der Waals surface area contributed by atoms with Crippen LogP contribution >= 0.6 is 0 Å². The zero-order chi connectivity index (χ0) is 20.3. The summed E-state index contributed by atoms with van der Waals surface area (Å²) < 4.78 is 0. The van der Waals surface area contributed by atoms with E-state index in [0.29, 0.717) is 11.3 Å². The van der Waals surface area contributed by atoms with Crippen LogP contribution < -0.4 is 15.6 Å². The second kappa shape index (κ2) is 7.83. The molecule has 0 unspecified atom stereocenters. The summed E-state index contributed by atoms with van der Waals surface area (Å²) in [6.07, 6.45) is 1.01.